The van der Waals surface area contributed by atoms with Crippen LogP contribution >= 0.6 is 0 Å². The van der Waals surface area contributed by atoms with Gasteiger partial charge in [-0.3, -0.25) is 0 Å². The first-order chi connectivity index (χ1) is 6.31. The second kappa shape index (κ2) is 3.48. The summed E-state index contributed by atoms with van der Waals surface area (Å²) in [6.45, 7) is 3.37. The van der Waals surface area contributed by atoms with Crippen molar-refractivity contribution in [2.45, 2.75) is 26.0 Å². The second-order valence-corrected chi connectivity index (χ2v) is 3.62. The molecule has 1 aliphatic heterocycles. The first-order valence-corrected chi connectivity index (χ1v) is 4.77. The normalized spacial score (nSPS) is 21.2. The number of benzene rings is 1. The van der Waals surface area contributed by atoms with Crippen LogP contribution in [0.3, 0.4) is 0 Å². The van der Waals surface area contributed by atoms with Crippen LogP contribution in [0.25, 0.3) is 0 Å². The maximum atomic E-state index is 9.01. The number of aliphatic hydroxyl groups is 1. The average molecular weight is 177 g/mol. The molecule has 0 radical (unpaired) electrons. The van der Waals surface area contributed by atoms with Crippen molar-refractivity contribution in [3.05, 3.63) is 34.9 Å². The van der Waals surface area contributed by atoms with E-state index in [4.69, 9.17) is 5.11 Å². The first kappa shape index (κ1) is 8.73. The first-order valence-electron chi connectivity index (χ1n) is 4.77. The SMILES string of the molecule is C[C@H]1NCCc2ccc(CO)cc21. The largest absolute Gasteiger partial charge is 0.392 e. The fourth-order valence-electron chi connectivity index (χ4n) is 1.91. The standard InChI is InChI=1S/C11H15NO/c1-8-11-6-9(7-13)2-3-10(11)4-5-12-8/h2-3,6,8,12-13H,4-5,7H2,1H3/t8-/m1/s1. The van der Waals surface area contributed by atoms with Crippen LogP contribution in [0.5, 0.6) is 0 Å². The number of hydrogen-bond donors (Lipinski definition) is 2. The van der Waals surface area contributed by atoms with Gasteiger partial charge >= 0.3 is 0 Å². The zero-order chi connectivity index (χ0) is 9.26. The molecule has 2 N–H and O–H groups in total. The second-order valence-electron chi connectivity index (χ2n) is 3.62. The molecule has 0 aromatic heterocycles. The van der Waals surface area contributed by atoms with Crippen molar-refractivity contribution in [3.63, 3.8) is 0 Å². The Hall–Kier alpha value is -0.860. The van der Waals surface area contributed by atoms with Crippen molar-refractivity contribution in [1.82, 2.24) is 5.32 Å². The Morgan fingerprint density at radius 3 is 3.15 bits per heavy atom. The highest BCUT2D eigenvalue weighted by molar-refractivity contribution is 5.35. The molecule has 0 saturated heterocycles. The van der Waals surface area contributed by atoms with E-state index in [1.165, 1.54) is 11.1 Å². The maximum absolute atomic E-state index is 9.01. The summed E-state index contributed by atoms with van der Waals surface area (Å²) in [6.07, 6.45) is 1.10. The van der Waals surface area contributed by atoms with Crippen LogP contribution in [-0.4, -0.2) is 11.7 Å². The van der Waals surface area contributed by atoms with E-state index in [0.29, 0.717) is 6.04 Å². The quantitative estimate of drug-likeness (QED) is 0.679. The lowest BCUT2D eigenvalue weighted by Gasteiger charge is -2.24. The van der Waals surface area contributed by atoms with Crippen molar-refractivity contribution in [3.8, 4) is 0 Å². The van der Waals surface area contributed by atoms with Crippen LogP contribution in [0.4, 0.5) is 0 Å². The molecule has 0 unspecified atom stereocenters. The molecule has 70 valence electrons. The van der Waals surface area contributed by atoms with Crippen LogP contribution in [-0.2, 0) is 13.0 Å². The predicted octanol–water partition coefficient (Wildman–Crippen LogP) is 1.39. The number of rotatable bonds is 1. The Balaban J connectivity index is 2.41. The van der Waals surface area contributed by atoms with Gasteiger partial charge < -0.3 is 10.4 Å². The van der Waals surface area contributed by atoms with Gasteiger partial charge in [-0.15, -0.1) is 0 Å². The fourth-order valence-corrected chi connectivity index (χ4v) is 1.91. The van der Waals surface area contributed by atoms with Crippen LogP contribution in [0.15, 0.2) is 18.2 Å². The Morgan fingerprint density at radius 2 is 2.38 bits per heavy atom. The Kier molecular flexibility index (Phi) is 2.34. The molecule has 0 amide bonds. The Morgan fingerprint density at radius 1 is 1.54 bits per heavy atom. The van der Waals surface area contributed by atoms with E-state index in [1.807, 2.05) is 6.07 Å². The smallest absolute Gasteiger partial charge is 0.0681 e. The predicted molar refractivity (Wildman–Crippen MR) is 52.5 cm³/mol. The van der Waals surface area contributed by atoms with E-state index in [1.54, 1.807) is 0 Å². The lowest BCUT2D eigenvalue weighted by Crippen LogP contribution is -2.27. The zero-order valence-electron chi connectivity index (χ0n) is 7.88. The minimum Gasteiger partial charge on any atom is -0.392 e. The molecule has 2 rings (SSSR count). The summed E-state index contributed by atoms with van der Waals surface area (Å²) in [6, 6.07) is 6.68. The van der Waals surface area contributed by atoms with E-state index in [-0.39, 0.29) is 6.61 Å². The molecule has 1 atom stereocenters. The van der Waals surface area contributed by atoms with Crippen LogP contribution < -0.4 is 5.32 Å². The number of hydrogen-bond acceptors (Lipinski definition) is 2. The van der Waals surface area contributed by atoms with Gasteiger partial charge in [0, 0.05) is 6.04 Å². The fraction of sp³-hybridized carbons (Fsp3) is 0.455. The van der Waals surface area contributed by atoms with Crippen molar-refractivity contribution < 1.29 is 5.11 Å². The molecule has 2 heteroatoms. The van der Waals surface area contributed by atoms with Gasteiger partial charge in [0.15, 0.2) is 0 Å². The topological polar surface area (TPSA) is 32.3 Å². The highest BCUT2D eigenvalue weighted by Crippen LogP contribution is 2.23. The third kappa shape index (κ3) is 1.60. The zero-order valence-corrected chi connectivity index (χ0v) is 7.88. The molecular weight excluding hydrogens is 162 g/mol. The van der Waals surface area contributed by atoms with Gasteiger partial charge in [0.05, 0.1) is 6.61 Å². The van der Waals surface area contributed by atoms with E-state index < -0.39 is 0 Å². The summed E-state index contributed by atoms with van der Waals surface area (Å²) in [5.74, 6) is 0. The Labute approximate surface area is 78.6 Å². The van der Waals surface area contributed by atoms with Crippen molar-refractivity contribution in [2.24, 2.45) is 0 Å². The van der Waals surface area contributed by atoms with Crippen LogP contribution in [0.1, 0.15) is 29.7 Å². The lowest BCUT2D eigenvalue weighted by atomic mass is 9.93. The maximum Gasteiger partial charge on any atom is 0.0681 e. The highest BCUT2D eigenvalue weighted by Gasteiger charge is 2.15. The summed E-state index contributed by atoms with van der Waals surface area (Å²) in [5.41, 5.74) is 3.77. The molecule has 0 bridgehead atoms. The molecule has 2 nitrogen and oxygen atoms in total. The number of fused-ring (bicyclic) bond motifs is 1. The lowest BCUT2D eigenvalue weighted by molar-refractivity contribution is 0.281. The van der Waals surface area contributed by atoms with E-state index >= 15 is 0 Å². The van der Waals surface area contributed by atoms with Crippen LogP contribution in [0.2, 0.25) is 0 Å². The van der Waals surface area contributed by atoms with Crippen molar-refractivity contribution >= 4 is 0 Å². The minimum absolute atomic E-state index is 0.139. The molecule has 1 aromatic rings. The van der Waals surface area contributed by atoms with Crippen LogP contribution in [0, 0.1) is 0 Å². The summed E-state index contributed by atoms with van der Waals surface area (Å²) >= 11 is 0. The Bertz CT molecular complexity index is 309. The van der Waals surface area contributed by atoms with Gasteiger partial charge in [0.25, 0.3) is 0 Å². The van der Waals surface area contributed by atoms with Gasteiger partial charge in [0.1, 0.15) is 0 Å². The average Bonchev–Trinajstić information content (AvgIpc) is 2.18. The molecular formula is C11H15NO. The third-order valence-corrected chi connectivity index (χ3v) is 2.70. The summed E-state index contributed by atoms with van der Waals surface area (Å²) in [5, 5.41) is 12.4. The van der Waals surface area contributed by atoms with Gasteiger partial charge in [-0.25, -0.2) is 0 Å². The molecule has 0 fully saturated rings. The van der Waals surface area contributed by atoms with Gasteiger partial charge in [-0.05, 0) is 36.6 Å². The molecule has 1 heterocycles. The number of aliphatic hydroxyl groups excluding tert-OH is 1. The van der Waals surface area contributed by atoms with Gasteiger partial charge in [-0.2, -0.15) is 0 Å². The molecule has 1 aromatic carbocycles. The monoisotopic (exact) mass is 177 g/mol. The van der Waals surface area contributed by atoms with Crippen molar-refractivity contribution in [1.29, 1.82) is 0 Å². The highest BCUT2D eigenvalue weighted by atomic mass is 16.3. The molecule has 1 aliphatic rings. The summed E-state index contributed by atoms with van der Waals surface area (Å²) in [4.78, 5) is 0. The summed E-state index contributed by atoms with van der Waals surface area (Å²) < 4.78 is 0. The van der Waals surface area contributed by atoms with Gasteiger partial charge in [0.2, 0.25) is 0 Å². The van der Waals surface area contributed by atoms with E-state index in [0.717, 1.165) is 18.5 Å². The third-order valence-electron chi connectivity index (χ3n) is 2.70. The molecule has 0 spiro atoms. The molecule has 13 heavy (non-hydrogen) atoms. The van der Waals surface area contributed by atoms with E-state index in [2.05, 4.69) is 24.4 Å². The number of nitrogens with one attached hydrogen (secondary N) is 1. The molecule has 0 saturated carbocycles. The minimum atomic E-state index is 0.139. The van der Waals surface area contributed by atoms with Gasteiger partial charge in [-0.1, -0.05) is 18.2 Å². The molecule has 0 aliphatic carbocycles. The van der Waals surface area contributed by atoms with E-state index in [9.17, 15) is 0 Å². The van der Waals surface area contributed by atoms with Crippen molar-refractivity contribution in [2.75, 3.05) is 6.54 Å². The summed E-state index contributed by atoms with van der Waals surface area (Å²) in [7, 11) is 0.